The highest BCUT2D eigenvalue weighted by atomic mass is 16.5. The van der Waals surface area contributed by atoms with E-state index in [-0.39, 0.29) is 17.4 Å². The van der Waals surface area contributed by atoms with Crippen LogP contribution in [0.3, 0.4) is 0 Å². The first kappa shape index (κ1) is 16.4. The molecule has 1 unspecified atom stereocenters. The van der Waals surface area contributed by atoms with E-state index in [4.69, 9.17) is 4.74 Å². The lowest BCUT2D eigenvalue weighted by molar-refractivity contribution is 0.0771. The number of carbonyl (C=O) groups excluding carboxylic acids is 1. The van der Waals surface area contributed by atoms with Gasteiger partial charge >= 0.3 is 0 Å². The summed E-state index contributed by atoms with van der Waals surface area (Å²) in [5, 5.41) is 0. The number of aromatic nitrogens is 2. The lowest BCUT2D eigenvalue weighted by Gasteiger charge is -2.20. The maximum Gasteiger partial charge on any atom is 0.253 e. The molecule has 2 aromatic rings. The summed E-state index contributed by atoms with van der Waals surface area (Å²) in [6, 6.07) is 7.91. The Labute approximate surface area is 142 Å². The monoisotopic (exact) mass is 325 g/mol. The molecule has 0 saturated carbocycles. The van der Waals surface area contributed by atoms with Gasteiger partial charge in [0.2, 0.25) is 5.88 Å². The van der Waals surface area contributed by atoms with Crippen LogP contribution >= 0.6 is 0 Å². The molecule has 5 nitrogen and oxygen atoms in total. The molecule has 2 heterocycles. The van der Waals surface area contributed by atoms with Crippen LogP contribution in [0.25, 0.3) is 0 Å². The Balaban J connectivity index is 1.62. The number of carbonyl (C=O) groups is 1. The van der Waals surface area contributed by atoms with Crippen molar-refractivity contribution in [1.29, 1.82) is 0 Å². The van der Waals surface area contributed by atoms with Gasteiger partial charge in [0.25, 0.3) is 5.91 Å². The van der Waals surface area contributed by atoms with Gasteiger partial charge in [0.05, 0.1) is 12.7 Å². The first-order chi connectivity index (χ1) is 11.4. The van der Waals surface area contributed by atoms with Gasteiger partial charge in [-0.05, 0) is 23.1 Å². The van der Waals surface area contributed by atoms with E-state index in [1.165, 1.54) is 5.56 Å². The number of hydrogen-bond donors (Lipinski definition) is 0. The van der Waals surface area contributed by atoms with Crippen molar-refractivity contribution >= 4 is 5.91 Å². The summed E-state index contributed by atoms with van der Waals surface area (Å²) in [5.41, 5.74) is 2.04. The van der Waals surface area contributed by atoms with Gasteiger partial charge in [-0.3, -0.25) is 9.78 Å². The van der Waals surface area contributed by atoms with E-state index in [0.29, 0.717) is 19.0 Å². The van der Waals surface area contributed by atoms with Crippen molar-refractivity contribution in [2.24, 2.45) is 0 Å². The number of rotatable bonds is 3. The van der Waals surface area contributed by atoms with Crippen molar-refractivity contribution in [2.75, 3.05) is 13.1 Å². The average molecular weight is 325 g/mol. The molecule has 0 bridgehead atoms. The highest BCUT2D eigenvalue weighted by Crippen LogP contribution is 2.23. The summed E-state index contributed by atoms with van der Waals surface area (Å²) in [6.45, 7) is 7.78. The minimum Gasteiger partial charge on any atom is -0.471 e. The first-order valence-electron chi connectivity index (χ1n) is 8.26. The number of amides is 1. The second kappa shape index (κ2) is 6.59. The topological polar surface area (TPSA) is 55.3 Å². The van der Waals surface area contributed by atoms with E-state index in [2.05, 4.69) is 30.7 Å². The quantitative estimate of drug-likeness (QED) is 0.870. The molecule has 1 aromatic heterocycles. The molecule has 3 rings (SSSR count). The number of likely N-dealkylation sites (tertiary alicyclic amines) is 1. The third-order valence-electron chi connectivity index (χ3n) is 4.26. The van der Waals surface area contributed by atoms with Crippen LogP contribution in [0.1, 0.15) is 43.1 Å². The first-order valence-corrected chi connectivity index (χ1v) is 8.26. The molecule has 0 N–H and O–H groups in total. The Hall–Kier alpha value is -2.43. The fourth-order valence-electron chi connectivity index (χ4n) is 2.82. The van der Waals surface area contributed by atoms with Crippen LogP contribution < -0.4 is 4.74 Å². The standard InChI is InChI=1S/C19H23N3O2/c1-19(2,3)15-6-4-14(5-7-15)18(23)22-11-8-16(13-22)24-17-12-20-9-10-21-17/h4-7,9-10,12,16H,8,11,13H2,1-3H3. The Morgan fingerprint density at radius 2 is 1.96 bits per heavy atom. The van der Waals surface area contributed by atoms with Crippen molar-refractivity contribution in [2.45, 2.75) is 38.7 Å². The number of ether oxygens (including phenoxy) is 1. The van der Waals surface area contributed by atoms with Gasteiger partial charge in [0.15, 0.2) is 0 Å². The Kier molecular flexibility index (Phi) is 4.51. The van der Waals surface area contributed by atoms with Crippen molar-refractivity contribution in [1.82, 2.24) is 14.9 Å². The molecule has 1 fully saturated rings. The SMILES string of the molecule is CC(C)(C)c1ccc(C(=O)N2CCC(Oc3cnccn3)C2)cc1. The van der Waals surface area contributed by atoms with E-state index >= 15 is 0 Å². The second-order valence-electron chi connectivity index (χ2n) is 7.15. The van der Waals surface area contributed by atoms with Crippen LogP contribution in [0.4, 0.5) is 0 Å². The summed E-state index contributed by atoms with van der Waals surface area (Å²) in [5.74, 6) is 0.562. The molecule has 0 spiro atoms. The molecule has 1 amide bonds. The van der Waals surface area contributed by atoms with Gasteiger partial charge in [-0.25, -0.2) is 4.98 Å². The van der Waals surface area contributed by atoms with Gasteiger partial charge in [-0.2, -0.15) is 0 Å². The lowest BCUT2D eigenvalue weighted by Crippen LogP contribution is -2.31. The van der Waals surface area contributed by atoms with Crippen LogP contribution in [0.5, 0.6) is 5.88 Å². The van der Waals surface area contributed by atoms with E-state index in [1.807, 2.05) is 29.2 Å². The van der Waals surface area contributed by atoms with Crippen LogP contribution in [0.2, 0.25) is 0 Å². The molecule has 1 aromatic carbocycles. The van der Waals surface area contributed by atoms with Crippen LogP contribution in [-0.4, -0.2) is 40.0 Å². The fourth-order valence-corrected chi connectivity index (χ4v) is 2.82. The number of nitrogens with zero attached hydrogens (tertiary/aromatic N) is 3. The summed E-state index contributed by atoms with van der Waals surface area (Å²) in [4.78, 5) is 22.6. The maximum absolute atomic E-state index is 12.6. The number of benzene rings is 1. The molecular formula is C19H23N3O2. The zero-order chi connectivity index (χ0) is 17.2. The third kappa shape index (κ3) is 3.72. The molecule has 5 heteroatoms. The smallest absolute Gasteiger partial charge is 0.253 e. The molecular weight excluding hydrogens is 302 g/mol. The molecule has 0 aliphatic carbocycles. The fraction of sp³-hybridized carbons (Fsp3) is 0.421. The highest BCUT2D eigenvalue weighted by molar-refractivity contribution is 5.94. The molecule has 126 valence electrons. The third-order valence-corrected chi connectivity index (χ3v) is 4.26. The van der Waals surface area contributed by atoms with E-state index in [9.17, 15) is 4.79 Å². The molecule has 1 saturated heterocycles. The van der Waals surface area contributed by atoms with Crippen molar-refractivity contribution < 1.29 is 9.53 Å². The Bertz CT molecular complexity index is 693. The minimum atomic E-state index is -0.0282. The molecule has 24 heavy (non-hydrogen) atoms. The van der Waals surface area contributed by atoms with E-state index < -0.39 is 0 Å². The summed E-state index contributed by atoms with van der Waals surface area (Å²) < 4.78 is 5.79. The van der Waals surface area contributed by atoms with Crippen LogP contribution in [0.15, 0.2) is 42.9 Å². The maximum atomic E-state index is 12.6. The minimum absolute atomic E-state index is 0.0282. The number of hydrogen-bond acceptors (Lipinski definition) is 4. The zero-order valence-corrected chi connectivity index (χ0v) is 14.4. The zero-order valence-electron chi connectivity index (χ0n) is 14.4. The molecule has 1 aliphatic rings. The Morgan fingerprint density at radius 1 is 1.21 bits per heavy atom. The predicted octanol–water partition coefficient (Wildman–Crippen LogP) is 3.07. The van der Waals surface area contributed by atoms with Gasteiger partial charge in [0.1, 0.15) is 6.10 Å². The molecule has 0 radical (unpaired) electrons. The van der Waals surface area contributed by atoms with Crippen molar-refractivity contribution in [3.63, 3.8) is 0 Å². The van der Waals surface area contributed by atoms with Gasteiger partial charge in [0, 0.05) is 30.9 Å². The largest absolute Gasteiger partial charge is 0.471 e. The van der Waals surface area contributed by atoms with Crippen molar-refractivity contribution in [3.8, 4) is 5.88 Å². The second-order valence-corrected chi connectivity index (χ2v) is 7.15. The average Bonchev–Trinajstić information content (AvgIpc) is 3.03. The van der Waals surface area contributed by atoms with Gasteiger partial charge in [-0.15, -0.1) is 0 Å². The van der Waals surface area contributed by atoms with Gasteiger partial charge < -0.3 is 9.64 Å². The highest BCUT2D eigenvalue weighted by Gasteiger charge is 2.28. The predicted molar refractivity (Wildman–Crippen MR) is 92.1 cm³/mol. The summed E-state index contributed by atoms with van der Waals surface area (Å²) in [7, 11) is 0. The Morgan fingerprint density at radius 3 is 2.58 bits per heavy atom. The summed E-state index contributed by atoms with van der Waals surface area (Å²) >= 11 is 0. The van der Waals surface area contributed by atoms with E-state index in [1.54, 1.807) is 18.6 Å². The van der Waals surface area contributed by atoms with Crippen LogP contribution in [0, 0.1) is 0 Å². The van der Waals surface area contributed by atoms with E-state index in [0.717, 1.165) is 12.0 Å². The van der Waals surface area contributed by atoms with Gasteiger partial charge in [-0.1, -0.05) is 32.9 Å². The normalized spacial score (nSPS) is 17.8. The molecule has 1 atom stereocenters. The van der Waals surface area contributed by atoms with Crippen molar-refractivity contribution in [3.05, 3.63) is 54.0 Å². The molecule has 1 aliphatic heterocycles. The lowest BCUT2D eigenvalue weighted by atomic mass is 9.86. The summed E-state index contributed by atoms with van der Waals surface area (Å²) in [6.07, 6.45) is 5.58. The van der Waals surface area contributed by atoms with Crippen LogP contribution in [-0.2, 0) is 5.41 Å².